The monoisotopic (exact) mass is 1050 g/mol. The van der Waals surface area contributed by atoms with E-state index in [1.807, 2.05) is 33.3 Å². The van der Waals surface area contributed by atoms with Gasteiger partial charge in [0.25, 0.3) is 0 Å². The van der Waals surface area contributed by atoms with Gasteiger partial charge in [0.1, 0.15) is 19.8 Å². The fourth-order valence-corrected chi connectivity index (χ4v) is 8.04. The molecule has 0 saturated carbocycles. The first-order valence-corrected chi connectivity index (χ1v) is 30.4. The molecule has 74 heavy (non-hydrogen) atoms. The van der Waals surface area contributed by atoms with Gasteiger partial charge in [0.15, 0.2) is 6.10 Å². The number of phosphoric acid groups is 1. The molecule has 0 saturated heterocycles. The van der Waals surface area contributed by atoms with Crippen LogP contribution in [0.15, 0.2) is 134 Å². The zero-order valence-electron chi connectivity index (χ0n) is 47.5. The molecule has 0 radical (unpaired) electrons. The molecule has 0 aromatic heterocycles. The molecule has 0 bridgehead atoms. The maximum absolute atomic E-state index is 12.8. The van der Waals surface area contributed by atoms with E-state index >= 15 is 0 Å². The molecule has 0 amide bonds. The Morgan fingerprint density at radius 1 is 0.419 bits per heavy atom. The first kappa shape index (κ1) is 70.1. The van der Waals surface area contributed by atoms with E-state index in [9.17, 15) is 19.0 Å². The number of likely N-dealkylation sites (N-methyl/N-ethyl adjacent to an activating group) is 1. The number of quaternary nitrogens is 1. The van der Waals surface area contributed by atoms with E-state index in [4.69, 9.17) is 18.5 Å². The second-order valence-corrected chi connectivity index (χ2v) is 21.4. The zero-order valence-corrected chi connectivity index (χ0v) is 48.4. The third kappa shape index (κ3) is 57.4. The largest absolute Gasteiger partial charge is 0.472 e. The van der Waals surface area contributed by atoms with Crippen molar-refractivity contribution in [1.82, 2.24) is 0 Å². The van der Waals surface area contributed by atoms with E-state index in [2.05, 4.69) is 135 Å². The zero-order chi connectivity index (χ0) is 54.2. The smallest absolute Gasteiger partial charge is 0.462 e. The summed E-state index contributed by atoms with van der Waals surface area (Å²) < 4.78 is 34.4. The average Bonchev–Trinajstić information content (AvgIpc) is 3.36. The quantitative estimate of drug-likeness (QED) is 0.0211. The van der Waals surface area contributed by atoms with Crippen molar-refractivity contribution in [2.45, 2.75) is 213 Å². The molecule has 0 aromatic carbocycles. The minimum atomic E-state index is -4.40. The van der Waals surface area contributed by atoms with Crippen LogP contribution < -0.4 is 0 Å². The number of esters is 2. The summed E-state index contributed by atoms with van der Waals surface area (Å²) in [7, 11) is 1.43. The first-order chi connectivity index (χ1) is 36.0. The Hall–Kier alpha value is -3.85. The molecule has 0 aromatic rings. The maximum atomic E-state index is 12.8. The van der Waals surface area contributed by atoms with Crippen LogP contribution >= 0.6 is 7.82 Å². The Morgan fingerprint density at radius 2 is 0.757 bits per heavy atom. The Morgan fingerprint density at radius 3 is 1.14 bits per heavy atom. The van der Waals surface area contributed by atoms with E-state index in [1.165, 1.54) is 77.0 Å². The fraction of sp³-hybridized carbons (Fsp3) is 0.625. The summed E-state index contributed by atoms with van der Waals surface area (Å²) in [4.78, 5) is 35.5. The van der Waals surface area contributed by atoms with Crippen LogP contribution in [-0.4, -0.2) is 74.9 Å². The summed E-state index contributed by atoms with van der Waals surface area (Å²) in [5.74, 6) is -0.900. The van der Waals surface area contributed by atoms with Gasteiger partial charge in [-0.25, -0.2) is 4.57 Å². The number of hydrogen-bond donors (Lipinski definition) is 1. The lowest BCUT2D eigenvalue weighted by Gasteiger charge is -2.24. The summed E-state index contributed by atoms with van der Waals surface area (Å²) >= 11 is 0. The van der Waals surface area contributed by atoms with Gasteiger partial charge < -0.3 is 18.9 Å². The molecule has 10 heteroatoms. The number of phosphoric ester groups is 1. The van der Waals surface area contributed by atoms with Gasteiger partial charge in [-0.2, -0.15) is 0 Å². The highest BCUT2D eigenvalue weighted by Gasteiger charge is 2.27. The van der Waals surface area contributed by atoms with Crippen LogP contribution in [0.4, 0.5) is 0 Å². The van der Waals surface area contributed by atoms with E-state index in [0.29, 0.717) is 23.9 Å². The number of nitrogens with zero attached hydrogens (tertiary/aromatic N) is 1. The Labute approximate surface area is 453 Å². The topological polar surface area (TPSA) is 108 Å². The molecule has 0 aliphatic carbocycles. The highest BCUT2D eigenvalue weighted by Crippen LogP contribution is 2.43. The van der Waals surface area contributed by atoms with Crippen LogP contribution in [0, 0.1) is 0 Å². The van der Waals surface area contributed by atoms with Crippen molar-refractivity contribution >= 4 is 19.8 Å². The number of ether oxygens (including phenoxy) is 2. The number of unbranched alkanes of at least 4 members (excludes halogenated alkanes) is 15. The van der Waals surface area contributed by atoms with Gasteiger partial charge in [0, 0.05) is 12.8 Å². The summed E-state index contributed by atoms with van der Waals surface area (Å²) in [6, 6.07) is 0. The van der Waals surface area contributed by atoms with E-state index in [-0.39, 0.29) is 26.1 Å². The Balaban J connectivity index is 4.08. The number of hydrogen-bond acceptors (Lipinski definition) is 7. The van der Waals surface area contributed by atoms with Crippen LogP contribution in [0.3, 0.4) is 0 Å². The number of carbonyl (C=O) groups is 2. The minimum absolute atomic E-state index is 0.0155. The third-order valence-corrected chi connectivity index (χ3v) is 12.7. The molecule has 0 fully saturated rings. The second-order valence-electron chi connectivity index (χ2n) is 19.9. The highest BCUT2D eigenvalue weighted by molar-refractivity contribution is 7.47. The molecule has 0 aliphatic heterocycles. The van der Waals surface area contributed by atoms with Gasteiger partial charge in [0.05, 0.1) is 27.7 Å². The van der Waals surface area contributed by atoms with Crippen molar-refractivity contribution in [3.63, 3.8) is 0 Å². The normalized spacial score (nSPS) is 14.3. The van der Waals surface area contributed by atoms with Crippen molar-refractivity contribution in [3.05, 3.63) is 134 Å². The fourth-order valence-electron chi connectivity index (χ4n) is 7.30. The van der Waals surface area contributed by atoms with Gasteiger partial charge in [0.2, 0.25) is 0 Å². The molecular formula is C64H107NO8P+. The van der Waals surface area contributed by atoms with Crippen LogP contribution in [0.2, 0.25) is 0 Å². The van der Waals surface area contributed by atoms with Crippen molar-refractivity contribution in [1.29, 1.82) is 0 Å². The van der Waals surface area contributed by atoms with Gasteiger partial charge in [-0.15, -0.1) is 0 Å². The molecule has 0 aliphatic rings. The summed E-state index contributed by atoms with van der Waals surface area (Å²) in [6.07, 6.45) is 78.5. The van der Waals surface area contributed by atoms with Gasteiger partial charge in [-0.1, -0.05) is 231 Å². The first-order valence-electron chi connectivity index (χ1n) is 28.9. The average molecular weight is 1050 g/mol. The molecule has 9 nitrogen and oxygen atoms in total. The maximum Gasteiger partial charge on any atom is 0.472 e. The van der Waals surface area contributed by atoms with Crippen LogP contribution in [-0.2, 0) is 32.7 Å². The molecule has 0 spiro atoms. The Bertz CT molecular complexity index is 1710. The summed E-state index contributed by atoms with van der Waals surface area (Å²) in [6.45, 7) is 4.10. The van der Waals surface area contributed by atoms with Crippen molar-refractivity contribution in [2.75, 3.05) is 47.5 Å². The molecule has 0 rings (SSSR count). The second kappa shape index (κ2) is 54.0. The minimum Gasteiger partial charge on any atom is -0.462 e. The molecular weight excluding hydrogens is 942 g/mol. The van der Waals surface area contributed by atoms with Crippen molar-refractivity contribution in [3.8, 4) is 0 Å². The lowest BCUT2D eigenvalue weighted by molar-refractivity contribution is -0.870. The predicted molar refractivity (Wildman–Crippen MR) is 316 cm³/mol. The molecule has 2 atom stereocenters. The highest BCUT2D eigenvalue weighted by atomic mass is 31.2. The summed E-state index contributed by atoms with van der Waals surface area (Å²) in [5, 5.41) is 0. The molecule has 0 heterocycles. The molecule has 2 unspecified atom stereocenters. The van der Waals surface area contributed by atoms with Crippen molar-refractivity contribution < 1.29 is 42.1 Å². The number of allylic oxidation sites excluding steroid dienone is 22. The lowest BCUT2D eigenvalue weighted by atomic mass is 10.0. The lowest BCUT2D eigenvalue weighted by Crippen LogP contribution is -2.37. The SMILES string of the molecule is CC/C=C\C/C=C\C/C=C\C/C=C\C/C=C\C/C=C\C/C=C\CCCCCCCCCCCCCCCCCC(=O)OC(COC(=O)CC/C=C\C/C=C\C/C=C\C/C=C\CC)COP(=O)(O)OCC[N+](C)(C)C. The summed E-state index contributed by atoms with van der Waals surface area (Å²) in [5.41, 5.74) is 0. The van der Waals surface area contributed by atoms with Crippen LogP contribution in [0.5, 0.6) is 0 Å². The number of rotatable bonds is 51. The molecule has 1 N–H and O–H groups in total. The van der Waals surface area contributed by atoms with Crippen LogP contribution in [0.1, 0.15) is 206 Å². The van der Waals surface area contributed by atoms with E-state index < -0.39 is 32.5 Å². The van der Waals surface area contributed by atoms with Crippen LogP contribution in [0.25, 0.3) is 0 Å². The van der Waals surface area contributed by atoms with Gasteiger partial charge in [-0.3, -0.25) is 18.6 Å². The van der Waals surface area contributed by atoms with E-state index in [1.54, 1.807) is 0 Å². The van der Waals surface area contributed by atoms with Gasteiger partial charge in [-0.05, 0) is 96.3 Å². The standard InChI is InChI=1S/C64H106NO8P/c1-6-8-10-12-14-16-18-20-21-22-23-24-25-26-27-28-29-30-31-32-33-34-35-36-37-38-39-40-41-42-43-45-47-49-51-53-55-57-64(67)73-62(61-72-74(68,69)71-59-58-65(3,4)5)60-70-63(66)56-54-52-50-48-46-44-19-17-15-13-11-9-7-2/h8-11,14-17,20-21,23-24,26-27,29-30,32-33,44,46,50,52,62H,6-7,12-13,18-19,22,25,28,31,34-43,45,47-49,51,53-61H2,1-5H3/p+1/b10-8-,11-9-,16-14-,17-15-,21-20-,24-23-,27-26-,30-29-,33-32-,46-44-,52-50-. The van der Waals surface area contributed by atoms with Gasteiger partial charge >= 0.3 is 19.8 Å². The Kier molecular flexibility index (Phi) is 51.2. The van der Waals surface area contributed by atoms with Crippen molar-refractivity contribution in [2.24, 2.45) is 0 Å². The predicted octanol–water partition coefficient (Wildman–Crippen LogP) is 18.1. The molecule has 420 valence electrons. The number of carbonyl (C=O) groups excluding carboxylic acids is 2. The van der Waals surface area contributed by atoms with E-state index in [0.717, 1.165) is 89.9 Å². The third-order valence-electron chi connectivity index (χ3n) is 11.7.